The fourth-order valence-corrected chi connectivity index (χ4v) is 1.74. The van der Waals surface area contributed by atoms with Crippen LogP contribution in [-0.4, -0.2) is 5.91 Å². The highest BCUT2D eigenvalue weighted by atomic mass is 16.1. The van der Waals surface area contributed by atoms with Gasteiger partial charge < -0.3 is 11.1 Å². The van der Waals surface area contributed by atoms with E-state index in [-0.39, 0.29) is 5.91 Å². The van der Waals surface area contributed by atoms with Crippen LogP contribution in [0, 0.1) is 6.92 Å². The van der Waals surface area contributed by atoms with Gasteiger partial charge in [-0.3, -0.25) is 4.79 Å². The first-order chi connectivity index (χ1) is 9.15. The van der Waals surface area contributed by atoms with Crippen LogP contribution in [0.2, 0.25) is 0 Å². The van der Waals surface area contributed by atoms with Crippen LogP contribution in [0.25, 0.3) is 6.08 Å². The van der Waals surface area contributed by atoms with Gasteiger partial charge in [-0.25, -0.2) is 0 Å². The zero-order valence-electron chi connectivity index (χ0n) is 10.8. The molecule has 3 N–H and O–H groups in total. The maximum absolute atomic E-state index is 11.8. The second-order valence-corrected chi connectivity index (χ2v) is 4.31. The van der Waals surface area contributed by atoms with Gasteiger partial charge in [0.2, 0.25) is 5.91 Å². The van der Waals surface area contributed by atoms with Gasteiger partial charge in [-0.1, -0.05) is 30.3 Å². The van der Waals surface area contributed by atoms with Crippen LogP contribution in [0.3, 0.4) is 0 Å². The van der Waals surface area contributed by atoms with E-state index in [1.54, 1.807) is 18.2 Å². The van der Waals surface area contributed by atoms with Gasteiger partial charge >= 0.3 is 0 Å². The van der Waals surface area contributed by atoms with Crippen molar-refractivity contribution in [2.24, 2.45) is 0 Å². The second-order valence-electron chi connectivity index (χ2n) is 4.31. The van der Waals surface area contributed by atoms with Gasteiger partial charge in [0.05, 0.1) is 0 Å². The Kier molecular flexibility index (Phi) is 3.98. The Bertz CT molecular complexity index is 603. The van der Waals surface area contributed by atoms with Crippen molar-refractivity contribution >= 4 is 23.4 Å². The Morgan fingerprint density at radius 2 is 1.89 bits per heavy atom. The SMILES string of the molecule is Cc1cc(N)ccc1NC(=O)/C=C/c1ccccc1. The summed E-state index contributed by atoms with van der Waals surface area (Å²) in [5.74, 6) is -0.156. The zero-order valence-corrected chi connectivity index (χ0v) is 10.8. The predicted octanol–water partition coefficient (Wildman–Crippen LogP) is 3.23. The smallest absolute Gasteiger partial charge is 0.248 e. The molecular formula is C16H16N2O. The third-order valence-corrected chi connectivity index (χ3v) is 2.74. The van der Waals surface area contributed by atoms with Gasteiger partial charge in [0.25, 0.3) is 0 Å². The van der Waals surface area contributed by atoms with Crippen molar-refractivity contribution < 1.29 is 4.79 Å². The number of aryl methyl sites for hydroxylation is 1. The Morgan fingerprint density at radius 3 is 2.58 bits per heavy atom. The quantitative estimate of drug-likeness (QED) is 0.651. The Balaban J connectivity index is 2.04. The molecule has 0 heterocycles. The molecule has 96 valence electrons. The molecule has 3 heteroatoms. The molecule has 0 spiro atoms. The molecule has 0 aliphatic carbocycles. The first-order valence-corrected chi connectivity index (χ1v) is 6.05. The van der Waals surface area contributed by atoms with Crippen LogP contribution in [-0.2, 0) is 4.79 Å². The summed E-state index contributed by atoms with van der Waals surface area (Å²) in [5, 5.41) is 2.83. The van der Waals surface area contributed by atoms with Gasteiger partial charge in [0.1, 0.15) is 0 Å². The molecule has 2 aromatic carbocycles. The van der Waals surface area contributed by atoms with Crippen LogP contribution in [0.4, 0.5) is 11.4 Å². The molecule has 1 amide bonds. The minimum Gasteiger partial charge on any atom is -0.399 e. The van der Waals surface area contributed by atoms with E-state index in [1.807, 2.05) is 43.3 Å². The number of benzene rings is 2. The summed E-state index contributed by atoms with van der Waals surface area (Å²) >= 11 is 0. The summed E-state index contributed by atoms with van der Waals surface area (Å²) in [7, 11) is 0. The molecule has 0 saturated heterocycles. The van der Waals surface area contributed by atoms with Crippen molar-refractivity contribution in [2.75, 3.05) is 11.1 Å². The first kappa shape index (κ1) is 12.9. The fraction of sp³-hybridized carbons (Fsp3) is 0.0625. The highest BCUT2D eigenvalue weighted by molar-refractivity contribution is 6.02. The number of hydrogen-bond donors (Lipinski definition) is 2. The second kappa shape index (κ2) is 5.87. The highest BCUT2D eigenvalue weighted by Crippen LogP contribution is 2.17. The third-order valence-electron chi connectivity index (χ3n) is 2.74. The molecule has 0 radical (unpaired) electrons. The summed E-state index contributed by atoms with van der Waals surface area (Å²) in [4.78, 5) is 11.8. The van der Waals surface area contributed by atoms with E-state index < -0.39 is 0 Å². The molecule has 0 aliphatic rings. The van der Waals surface area contributed by atoms with Crippen LogP contribution in [0.15, 0.2) is 54.6 Å². The Morgan fingerprint density at radius 1 is 1.16 bits per heavy atom. The maximum Gasteiger partial charge on any atom is 0.248 e. The molecule has 3 nitrogen and oxygen atoms in total. The molecule has 19 heavy (non-hydrogen) atoms. The van der Waals surface area contributed by atoms with Crippen molar-refractivity contribution in [3.8, 4) is 0 Å². The van der Waals surface area contributed by atoms with E-state index in [0.717, 1.165) is 16.8 Å². The predicted molar refractivity (Wildman–Crippen MR) is 79.7 cm³/mol. The number of nitrogens with two attached hydrogens (primary N) is 1. The number of carbonyl (C=O) groups excluding carboxylic acids is 1. The van der Waals surface area contributed by atoms with Gasteiger partial charge in [-0.15, -0.1) is 0 Å². The molecule has 0 unspecified atom stereocenters. The number of nitrogen functional groups attached to an aromatic ring is 1. The van der Waals surface area contributed by atoms with Crippen LogP contribution in [0.1, 0.15) is 11.1 Å². The molecule has 0 aromatic heterocycles. The maximum atomic E-state index is 11.8. The summed E-state index contributed by atoms with van der Waals surface area (Å²) in [6.07, 6.45) is 3.30. The molecule has 0 fully saturated rings. The number of anilines is 2. The average Bonchev–Trinajstić information content (AvgIpc) is 2.41. The molecular weight excluding hydrogens is 236 g/mol. The van der Waals surface area contributed by atoms with Crippen LogP contribution < -0.4 is 11.1 Å². The Hall–Kier alpha value is -2.55. The number of amides is 1. The molecule has 2 aromatic rings. The van der Waals surface area contributed by atoms with Crippen LogP contribution in [0.5, 0.6) is 0 Å². The number of nitrogens with one attached hydrogen (secondary N) is 1. The first-order valence-electron chi connectivity index (χ1n) is 6.05. The van der Waals surface area contributed by atoms with Gasteiger partial charge in [0.15, 0.2) is 0 Å². The molecule has 0 bridgehead atoms. The van der Waals surface area contributed by atoms with Crippen molar-refractivity contribution in [2.45, 2.75) is 6.92 Å². The Labute approximate surface area is 112 Å². The molecule has 0 aliphatic heterocycles. The fourth-order valence-electron chi connectivity index (χ4n) is 1.74. The molecule has 2 rings (SSSR count). The average molecular weight is 252 g/mol. The van der Waals surface area contributed by atoms with E-state index in [1.165, 1.54) is 6.08 Å². The topological polar surface area (TPSA) is 55.1 Å². The van der Waals surface area contributed by atoms with Gasteiger partial charge in [-0.05, 0) is 42.3 Å². The summed E-state index contributed by atoms with van der Waals surface area (Å²) < 4.78 is 0. The van der Waals surface area contributed by atoms with Crippen molar-refractivity contribution in [1.29, 1.82) is 0 Å². The van der Waals surface area contributed by atoms with Crippen molar-refractivity contribution in [3.05, 3.63) is 65.7 Å². The largest absolute Gasteiger partial charge is 0.399 e. The van der Waals surface area contributed by atoms with Gasteiger partial charge in [0, 0.05) is 17.5 Å². The number of hydrogen-bond acceptors (Lipinski definition) is 2. The number of rotatable bonds is 3. The van der Waals surface area contributed by atoms with E-state index in [9.17, 15) is 4.79 Å². The molecule has 0 atom stereocenters. The van der Waals surface area contributed by atoms with Crippen molar-refractivity contribution in [3.63, 3.8) is 0 Å². The lowest BCUT2D eigenvalue weighted by atomic mass is 10.1. The van der Waals surface area contributed by atoms with Crippen molar-refractivity contribution in [1.82, 2.24) is 0 Å². The minimum absolute atomic E-state index is 0.156. The zero-order chi connectivity index (χ0) is 13.7. The lowest BCUT2D eigenvalue weighted by Crippen LogP contribution is -2.09. The van der Waals surface area contributed by atoms with E-state index in [2.05, 4.69) is 5.32 Å². The normalized spacial score (nSPS) is 10.6. The standard InChI is InChI=1S/C16H16N2O/c1-12-11-14(17)8-9-15(12)18-16(19)10-7-13-5-3-2-4-6-13/h2-11H,17H2,1H3,(H,18,19)/b10-7+. The third kappa shape index (κ3) is 3.71. The summed E-state index contributed by atoms with van der Waals surface area (Å²) in [5.41, 5.74) is 9.07. The highest BCUT2D eigenvalue weighted by Gasteiger charge is 2.01. The monoisotopic (exact) mass is 252 g/mol. The van der Waals surface area contributed by atoms with E-state index in [4.69, 9.17) is 5.73 Å². The lowest BCUT2D eigenvalue weighted by molar-refractivity contribution is -0.111. The molecule has 0 saturated carbocycles. The van der Waals surface area contributed by atoms with Crippen LogP contribution >= 0.6 is 0 Å². The summed E-state index contributed by atoms with van der Waals surface area (Å²) in [6, 6.07) is 15.1. The summed E-state index contributed by atoms with van der Waals surface area (Å²) in [6.45, 7) is 1.91. The van der Waals surface area contributed by atoms with Gasteiger partial charge in [-0.2, -0.15) is 0 Å². The lowest BCUT2D eigenvalue weighted by Gasteiger charge is -2.06. The minimum atomic E-state index is -0.156. The van der Waals surface area contributed by atoms with E-state index in [0.29, 0.717) is 5.69 Å². The van der Waals surface area contributed by atoms with E-state index >= 15 is 0 Å². The number of carbonyl (C=O) groups is 1.